The summed E-state index contributed by atoms with van der Waals surface area (Å²) in [4.78, 5) is 0. The molecule has 0 amide bonds. The Morgan fingerprint density at radius 1 is 1.10 bits per heavy atom. The van der Waals surface area contributed by atoms with Crippen LogP contribution in [0.1, 0.15) is 0 Å². The molecular weight excluding hydrogens is 357 g/mol. The first-order valence-corrected chi connectivity index (χ1v) is 9.76. The van der Waals surface area contributed by atoms with Crippen molar-refractivity contribution >= 4 is 39.6 Å². The summed E-state index contributed by atoms with van der Waals surface area (Å²) in [5, 5.41) is 0. The number of hydrogen-bond acceptors (Lipinski definition) is 4. The van der Waals surface area contributed by atoms with Gasteiger partial charge in [0.05, 0.1) is 0 Å². The quantitative estimate of drug-likeness (QED) is 0.794. The number of benzene rings is 2. The minimum absolute atomic E-state index is 0.0325. The molecule has 0 saturated heterocycles. The van der Waals surface area contributed by atoms with Gasteiger partial charge in [-0.25, -0.2) is 0 Å². The van der Waals surface area contributed by atoms with Crippen molar-refractivity contribution in [3.63, 3.8) is 0 Å². The van der Waals surface area contributed by atoms with E-state index in [0.29, 0.717) is 17.2 Å². The first-order valence-electron chi connectivity index (χ1n) is 6.15. The van der Waals surface area contributed by atoms with E-state index in [-0.39, 0.29) is 21.7 Å². The van der Waals surface area contributed by atoms with Crippen molar-refractivity contribution in [1.29, 1.82) is 0 Å². The van der Waals surface area contributed by atoms with Crippen LogP contribution in [0.2, 0.25) is 0 Å². The Hall–Kier alpha value is -1.69. The standard InChI is InChI=1S/C14H13NO4SSe/c1-20(16,17)15-11-7-12-13(19-9-18-12)8-14(11)21-10-5-3-2-4-6-10/h2-8,15H,9H2,1H3. The van der Waals surface area contributed by atoms with Gasteiger partial charge < -0.3 is 0 Å². The molecule has 1 aliphatic heterocycles. The van der Waals surface area contributed by atoms with E-state index < -0.39 is 10.0 Å². The summed E-state index contributed by atoms with van der Waals surface area (Å²) in [5.74, 6) is 1.22. The van der Waals surface area contributed by atoms with E-state index >= 15 is 0 Å². The Morgan fingerprint density at radius 3 is 2.43 bits per heavy atom. The number of fused-ring (bicyclic) bond motifs is 1. The van der Waals surface area contributed by atoms with Crippen molar-refractivity contribution in [1.82, 2.24) is 0 Å². The number of anilines is 1. The molecule has 2 aromatic carbocycles. The van der Waals surface area contributed by atoms with Crippen molar-refractivity contribution in [3.05, 3.63) is 42.5 Å². The molecule has 21 heavy (non-hydrogen) atoms. The third-order valence-electron chi connectivity index (χ3n) is 2.74. The molecule has 5 nitrogen and oxygen atoms in total. The molecule has 0 radical (unpaired) electrons. The molecule has 1 heterocycles. The van der Waals surface area contributed by atoms with E-state index in [1.165, 1.54) is 0 Å². The van der Waals surface area contributed by atoms with Gasteiger partial charge in [0.25, 0.3) is 0 Å². The van der Waals surface area contributed by atoms with Gasteiger partial charge in [-0.3, -0.25) is 0 Å². The molecule has 0 aliphatic carbocycles. The van der Waals surface area contributed by atoms with Crippen LogP contribution in [0.4, 0.5) is 5.69 Å². The van der Waals surface area contributed by atoms with Gasteiger partial charge in [0.15, 0.2) is 0 Å². The van der Waals surface area contributed by atoms with Crippen molar-refractivity contribution in [2.45, 2.75) is 0 Å². The van der Waals surface area contributed by atoms with Crippen LogP contribution >= 0.6 is 0 Å². The average Bonchev–Trinajstić information content (AvgIpc) is 2.85. The van der Waals surface area contributed by atoms with E-state index in [1.807, 2.05) is 36.4 Å². The number of rotatable bonds is 4. The average molecular weight is 370 g/mol. The Morgan fingerprint density at radius 2 is 1.76 bits per heavy atom. The molecule has 3 rings (SSSR count). The van der Waals surface area contributed by atoms with Crippen LogP contribution in [-0.2, 0) is 10.0 Å². The molecule has 7 heteroatoms. The zero-order valence-corrected chi connectivity index (χ0v) is 13.7. The normalized spacial score (nSPS) is 13.2. The fourth-order valence-corrected chi connectivity index (χ4v) is 4.57. The Balaban J connectivity index is 2.00. The third kappa shape index (κ3) is 3.50. The molecule has 0 fully saturated rings. The Bertz CT molecular complexity index is 762. The molecule has 0 unspecified atom stereocenters. The molecule has 1 aliphatic rings. The molecule has 0 atom stereocenters. The van der Waals surface area contributed by atoms with Crippen molar-refractivity contribution in [2.75, 3.05) is 17.8 Å². The summed E-state index contributed by atoms with van der Waals surface area (Å²) in [5.41, 5.74) is 0.547. The van der Waals surface area contributed by atoms with Crippen LogP contribution in [-0.4, -0.2) is 36.4 Å². The SMILES string of the molecule is CS(=O)(=O)Nc1cc2c(cc1[Se]c1ccccc1)OCO2. The van der Waals surface area contributed by atoms with E-state index in [1.54, 1.807) is 6.07 Å². The van der Waals surface area contributed by atoms with Gasteiger partial charge in [0, 0.05) is 0 Å². The number of nitrogens with one attached hydrogen (secondary N) is 1. The third-order valence-corrected chi connectivity index (χ3v) is 5.57. The predicted molar refractivity (Wildman–Crippen MR) is 82.5 cm³/mol. The maximum absolute atomic E-state index is 11.5. The van der Waals surface area contributed by atoms with Crippen molar-refractivity contribution in [2.24, 2.45) is 0 Å². The summed E-state index contributed by atoms with van der Waals surface area (Å²) in [7, 11) is -3.35. The second-order valence-electron chi connectivity index (χ2n) is 4.49. The fraction of sp³-hybridized carbons (Fsp3) is 0.143. The summed E-state index contributed by atoms with van der Waals surface area (Å²) < 4.78 is 38.4. The molecule has 2 aromatic rings. The van der Waals surface area contributed by atoms with Gasteiger partial charge in [-0.2, -0.15) is 0 Å². The van der Waals surface area contributed by atoms with E-state index in [2.05, 4.69) is 4.72 Å². The molecular formula is C14H13NO4SSe. The number of hydrogen-bond donors (Lipinski definition) is 1. The van der Waals surface area contributed by atoms with Crippen LogP contribution in [0.25, 0.3) is 0 Å². The topological polar surface area (TPSA) is 64.6 Å². The molecule has 1 N–H and O–H groups in total. The van der Waals surface area contributed by atoms with Crippen LogP contribution in [0, 0.1) is 0 Å². The summed E-state index contributed by atoms with van der Waals surface area (Å²) in [6.07, 6.45) is 1.14. The fourth-order valence-electron chi connectivity index (χ4n) is 1.90. The molecule has 110 valence electrons. The van der Waals surface area contributed by atoms with Crippen molar-refractivity contribution < 1.29 is 17.9 Å². The summed E-state index contributed by atoms with van der Waals surface area (Å²) in [6, 6.07) is 13.5. The Labute approximate surface area is 129 Å². The molecule has 0 spiro atoms. The second-order valence-corrected chi connectivity index (χ2v) is 8.58. The van der Waals surface area contributed by atoms with Gasteiger partial charge >= 0.3 is 129 Å². The first-order chi connectivity index (χ1) is 10.0. The van der Waals surface area contributed by atoms with Gasteiger partial charge in [0.1, 0.15) is 0 Å². The molecule has 0 saturated carbocycles. The zero-order valence-electron chi connectivity index (χ0n) is 11.2. The molecule has 0 bridgehead atoms. The van der Waals surface area contributed by atoms with Crippen LogP contribution in [0.5, 0.6) is 11.5 Å². The van der Waals surface area contributed by atoms with Gasteiger partial charge in [-0.15, -0.1) is 0 Å². The van der Waals surface area contributed by atoms with Gasteiger partial charge in [-0.05, 0) is 0 Å². The van der Waals surface area contributed by atoms with E-state index in [9.17, 15) is 8.42 Å². The number of ether oxygens (including phenoxy) is 2. The first kappa shape index (κ1) is 14.3. The van der Waals surface area contributed by atoms with Crippen LogP contribution in [0.3, 0.4) is 0 Å². The minimum atomic E-state index is -3.35. The van der Waals surface area contributed by atoms with Crippen LogP contribution < -0.4 is 23.1 Å². The Kier molecular flexibility index (Phi) is 3.80. The predicted octanol–water partition coefficient (Wildman–Crippen LogP) is 0.442. The molecule has 0 aromatic heterocycles. The van der Waals surface area contributed by atoms with Crippen LogP contribution in [0.15, 0.2) is 42.5 Å². The van der Waals surface area contributed by atoms with E-state index in [4.69, 9.17) is 9.47 Å². The van der Waals surface area contributed by atoms with Crippen molar-refractivity contribution in [3.8, 4) is 11.5 Å². The zero-order chi connectivity index (χ0) is 14.9. The van der Waals surface area contributed by atoms with Gasteiger partial charge in [-0.1, -0.05) is 0 Å². The summed E-state index contributed by atoms with van der Waals surface area (Å²) in [6.45, 7) is 0.162. The van der Waals surface area contributed by atoms with Gasteiger partial charge in [0.2, 0.25) is 0 Å². The maximum atomic E-state index is 11.5. The number of sulfonamides is 1. The summed E-state index contributed by atoms with van der Waals surface area (Å²) >= 11 is -0.0325. The van der Waals surface area contributed by atoms with E-state index in [0.717, 1.165) is 15.2 Å². The second kappa shape index (κ2) is 5.60. The monoisotopic (exact) mass is 371 g/mol.